The molecule has 2 rings (SSSR count). The first-order valence-corrected chi connectivity index (χ1v) is 7.88. The Kier molecular flexibility index (Phi) is 6.09. The van der Waals surface area contributed by atoms with E-state index in [2.05, 4.69) is 5.32 Å². The molecule has 0 fully saturated rings. The molecule has 2 aromatic rings. The van der Waals surface area contributed by atoms with Crippen molar-refractivity contribution in [3.63, 3.8) is 0 Å². The van der Waals surface area contributed by atoms with E-state index in [0.29, 0.717) is 27.3 Å². The van der Waals surface area contributed by atoms with Crippen molar-refractivity contribution in [2.24, 2.45) is 0 Å². The number of halogens is 3. The quantitative estimate of drug-likeness (QED) is 0.845. The van der Waals surface area contributed by atoms with Gasteiger partial charge in [0.25, 0.3) is 5.91 Å². The Morgan fingerprint density at radius 2 is 1.68 bits per heavy atom. The molecular formula is C16H16Cl3N2O+. The van der Waals surface area contributed by atoms with Gasteiger partial charge in [-0.3, -0.25) is 4.79 Å². The van der Waals surface area contributed by atoms with Crippen LogP contribution in [-0.2, 0) is 11.3 Å². The summed E-state index contributed by atoms with van der Waals surface area (Å²) in [4.78, 5) is 13.1. The first-order valence-electron chi connectivity index (χ1n) is 6.74. The zero-order valence-corrected chi connectivity index (χ0v) is 14.3. The van der Waals surface area contributed by atoms with Gasteiger partial charge in [0, 0.05) is 15.6 Å². The van der Waals surface area contributed by atoms with E-state index in [1.54, 1.807) is 18.2 Å². The fourth-order valence-electron chi connectivity index (χ4n) is 2.07. The molecule has 2 aromatic carbocycles. The molecule has 22 heavy (non-hydrogen) atoms. The Labute approximate surface area is 144 Å². The van der Waals surface area contributed by atoms with Crippen LogP contribution in [-0.4, -0.2) is 19.5 Å². The minimum absolute atomic E-state index is 0.115. The molecule has 0 bridgehead atoms. The Morgan fingerprint density at radius 3 is 2.36 bits per heavy atom. The highest BCUT2D eigenvalue weighted by atomic mass is 35.5. The van der Waals surface area contributed by atoms with E-state index in [1.165, 1.54) is 0 Å². The fraction of sp³-hybridized carbons (Fsp3) is 0.188. The number of quaternary nitrogens is 1. The third kappa shape index (κ3) is 5.18. The van der Waals surface area contributed by atoms with Crippen LogP contribution >= 0.6 is 34.8 Å². The summed E-state index contributed by atoms with van der Waals surface area (Å²) in [7, 11) is 1.95. The van der Waals surface area contributed by atoms with Crippen LogP contribution in [0, 0.1) is 0 Å². The lowest BCUT2D eigenvalue weighted by Crippen LogP contribution is -3.08. The summed E-state index contributed by atoms with van der Waals surface area (Å²) < 4.78 is 0. The van der Waals surface area contributed by atoms with Gasteiger partial charge >= 0.3 is 0 Å². The number of carbonyl (C=O) groups is 1. The maximum Gasteiger partial charge on any atom is 0.279 e. The van der Waals surface area contributed by atoms with Crippen LogP contribution < -0.4 is 10.2 Å². The SMILES string of the molecule is C[NH+](CC(=O)Nc1cc(Cl)ccc1Cl)Cc1ccc(Cl)cc1. The van der Waals surface area contributed by atoms with Crippen molar-refractivity contribution in [3.8, 4) is 0 Å². The number of likely N-dealkylation sites (N-methyl/N-ethyl adjacent to an activating group) is 1. The standard InChI is InChI=1S/C16H15Cl3N2O/c1-21(9-11-2-4-12(17)5-3-11)10-16(22)20-15-8-13(18)6-7-14(15)19/h2-8H,9-10H2,1H3,(H,20,22)/p+1. The number of benzene rings is 2. The van der Waals surface area contributed by atoms with E-state index < -0.39 is 0 Å². The smallest absolute Gasteiger partial charge is 0.279 e. The number of amides is 1. The lowest BCUT2D eigenvalue weighted by atomic mass is 10.2. The molecule has 3 nitrogen and oxygen atoms in total. The highest BCUT2D eigenvalue weighted by molar-refractivity contribution is 6.35. The molecule has 0 radical (unpaired) electrons. The summed E-state index contributed by atoms with van der Waals surface area (Å²) in [5.74, 6) is -0.115. The maximum absolute atomic E-state index is 12.1. The predicted molar refractivity (Wildman–Crippen MR) is 92.0 cm³/mol. The summed E-state index contributed by atoms with van der Waals surface area (Å²) in [6, 6.07) is 12.6. The van der Waals surface area contributed by atoms with Gasteiger partial charge in [-0.1, -0.05) is 46.9 Å². The molecule has 1 atom stereocenters. The average Bonchev–Trinajstić information content (AvgIpc) is 2.45. The van der Waals surface area contributed by atoms with Crippen LogP contribution in [0.1, 0.15) is 5.56 Å². The zero-order chi connectivity index (χ0) is 16.1. The number of nitrogens with one attached hydrogen (secondary N) is 2. The molecule has 0 aliphatic rings. The molecule has 0 aromatic heterocycles. The van der Waals surface area contributed by atoms with Crippen molar-refractivity contribution >= 4 is 46.4 Å². The van der Waals surface area contributed by atoms with Gasteiger partial charge in [0.15, 0.2) is 6.54 Å². The second kappa shape index (κ2) is 7.84. The number of anilines is 1. The summed E-state index contributed by atoms with van der Waals surface area (Å²) in [6.07, 6.45) is 0. The van der Waals surface area contributed by atoms with E-state index in [9.17, 15) is 4.79 Å². The van der Waals surface area contributed by atoms with Crippen LogP contribution in [0.15, 0.2) is 42.5 Å². The van der Waals surface area contributed by atoms with Crippen LogP contribution in [0.5, 0.6) is 0 Å². The monoisotopic (exact) mass is 357 g/mol. The van der Waals surface area contributed by atoms with Crippen molar-refractivity contribution in [2.45, 2.75) is 6.54 Å². The van der Waals surface area contributed by atoms with Crippen LogP contribution in [0.4, 0.5) is 5.69 Å². The molecular weight excluding hydrogens is 343 g/mol. The number of rotatable bonds is 5. The van der Waals surface area contributed by atoms with Crippen molar-refractivity contribution in [2.75, 3.05) is 18.9 Å². The Balaban J connectivity index is 1.91. The van der Waals surface area contributed by atoms with Gasteiger partial charge in [0.05, 0.1) is 17.8 Å². The highest BCUT2D eigenvalue weighted by Crippen LogP contribution is 2.25. The van der Waals surface area contributed by atoms with Gasteiger partial charge < -0.3 is 10.2 Å². The molecule has 1 unspecified atom stereocenters. The number of hydrogen-bond acceptors (Lipinski definition) is 1. The maximum atomic E-state index is 12.1. The van der Waals surface area contributed by atoms with Crippen LogP contribution in [0.2, 0.25) is 15.1 Å². The molecule has 116 valence electrons. The minimum atomic E-state index is -0.115. The summed E-state index contributed by atoms with van der Waals surface area (Å²) in [6.45, 7) is 1.05. The molecule has 0 aliphatic heterocycles. The summed E-state index contributed by atoms with van der Waals surface area (Å²) >= 11 is 17.8. The lowest BCUT2D eigenvalue weighted by molar-refractivity contribution is -0.885. The van der Waals surface area contributed by atoms with Crippen molar-refractivity contribution < 1.29 is 9.69 Å². The second-order valence-corrected chi connectivity index (χ2v) is 6.39. The third-order valence-corrected chi connectivity index (χ3v) is 3.90. The second-order valence-electron chi connectivity index (χ2n) is 5.11. The number of carbonyl (C=O) groups excluding carboxylic acids is 1. The summed E-state index contributed by atoms with van der Waals surface area (Å²) in [5.41, 5.74) is 1.65. The molecule has 0 saturated carbocycles. The molecule has 1 amide bonds. The zero-order valence-electron chi connectivity index (χ0n) is 12.0. The van der Waals surface area contributed by atoms with Crippen LogP contribution in [0.25, 0.3) is 0 Å². The highest BCUT2D eigenvalue weighted by Gasteiger charge is 2.12. The van der Waals surface area contributed by atoms with Crippen LogP contribution in [0.3, 0.4) is 0 Å². The first-order chi connectivity index (χ1) is 10.4. The van der Waals surface area contributed by atoms with E-state index in [0.717, 1.165) is 17.0 Å². The molecule has 0 saturated heterocycles. The Hall–Kier alpha value is -1.26. The van der Waals surface area contributed by atoms with Crippen molar-refractivity contribution in [1.29, 1.82) is 0 Å². The fourth-order valence-corrected chi connectivity index (χ4v) is 2.54. The van der Waals surface area contributed by atoms with Gasteiger partial charge in [-0.2, -0.15) is 0 Å². The average molecular weight is 359 g/mol. The molecule has 0 spiro atoms. The lowest BCUT2D eigenvalue weighted by Gasteiger charge is -2.14. The molecule has 0 aliphatic carbocycles. The molecule has 6 heteroatoms. The molecule has 2 N–H and O–H groups in total. The van der Waals surface area contributed by atoms with Crippen molar-refractivity contribution in [1.82, 2.24) is 0 Å². The Morgan fingerprint density at radius 1 is 1.05 bits per heavy atom. The van der Waals surface area contributed by atoms with Crippen molar-refractivity contribution in [3.05, 3.63) is 63.1 Å². The van der Waals surface area contributed by atoms with E-state index in [1.807, 2.05) is 31.3 Å². The first kappa shape index (κ1) is 17.1. The largest absolute Gasteiger partial charge is 0.326 e. The van der Waals surface area contributed by atoms with Gasteiger partial charge in [-0.25, -0.2) is 0 Å². The topological polar surface area (TPSA) is 33.5 Å². The third-order valence-electron chi connectivity index (χ3n) is 3.08. The Bertz CT molecular complexity index is 659. The number of hydrogen-bond donors (Lipinski definition) is 2. The van der Waals surface area contributed by atoms with E-state index in [-0.39, 0.29) is 5.91 Å². The van der Waals surface area contributed by atoms with Gasteiger partial charge in [-0.05, 0) is 30.3 Å². The molecule has 0 heterocycles. The normalized spacial score (nSPS) is 12.0. The van der Waals surface area contributed by atoms with E-state index >= 15 is 0 Å². The van der Waals surface area contributed by atoms with E-state index in [4.69, 9.17) is 34.8 Å². The summed E-state index contributed by atoms with van der Waals surface area (Å²) in [5, 5.41) is 4.48. The predicted octanol–water partition coefficient (Wildman–Crippen LogP) is 3.30. The van der Waals surface area contributed by atoms with Gasteiger partial charge in [0.2, 0.25) is 0 Å². The minimum Gasteiger partial charge on any atom is -0.326 e. The van der Waals surface area contributed by atoms with Gasteiger partial charge in [-0.15, -0.1) is 0 Å². The van der Waals surface area contributed by atoms with Gasteiger partial charge in [0.1, 0.15) is 6.54 Å².